The summed E-state index contributed by atoms with van der Waals surface area (Å²) in [6.45, 7) is 5.67. The number of unbranched alkanes of at least 4 members (excludes halogenated alkanes) is 1. The Hall–Kier alpha value is -3.74. The number of aromatic nitrogens is 4. The van der Waals surface area contributed by atoms with E-state index in [4.69, 9.17) is 33.8 Å². The molecule has 2 heterocycles. The van der Waals surface area contributed by atoms with E-state index in [2.05, 4.69) is 45.1 Å². The lowest BCUT2D eigenvalue weighted by Gasteiger charge is -2.20. The van der Waals surface area contributed by atoms with Crippen molar-refractivity contribution in [1.82, 2.24) is 19.9 Å². The Morgan fingerprint density at radius 1 is 0.744 bits per heavy atom. The van der Waals surface area contributed by atoms with Crippen molar-refractivity contribution in [1.29, 1.82) is 0 Å². The minimum absolute atomic E-state index is 0.313. The van der Waals surface area contributed by atoms with E-state index in [0.29, 0.717) is 43.8 Å². The molecule has 0 saturated heterocycles. The average Bonchev–Trinajstić information content (AvgIpc) is 3.73. The molecule has 11 heteroatoms. The molecule has 4 aromatic rings. The molecule has 0 fully saturated rings. The van der Waals surface area contributed by atoms with Gasteiger partial charge in [-0.25, -0.2) is 19.7 Å². The van der Waals surface area contributed by atoms with Crippen LogP contribution in [-0.2, 0) is 25.7 Å². The van der Waals surface area contributed by atoms with Crippen LogP contribution in [0.5, 0.6) is 11.5 Å². The maximum absolute atomic E-state index is 7.00. The predicted octanol–water partition coefficient (Wildman–Crippen LogP) is 5.77. The van der Waals surface area contributed by atoms with Crippen molar-refractivity contribution in [3.8, 4) is 45.1 Å². The zero-order valence-electron chi connectivity index (χ0n) is 25.9. The van der Waals surface area contributed by atoms with Gasteiger partial charge in [0.05, 0.1) is 44.1 Å². The van der Waals surface area contributed by atoms with E-state index < -0.39 is 0 Å². The summed E-state index contributed by atoms with van der Waals surface area (Å²) in [6, 6.07) is 12.3. The number of methoxy groups -OCH3 is 2. The molecule has 3 N–H and O–H groups in total. The lowest BCUT2D eigenvalue weighted by molar-refractivity contribution is -0.305. The van der Waals surface area contributed by atoms with Crippen LogP contribution in [-0.4, -0.2) is 79.9 Å². The van der Waals surface area contributed by atoms with Crippen LogP contribution in [0.1, 0.15) is 44.4 Å². The van der Waals surface area contributed by atoms with Gasteiger partial charge in [-0.05, 0) is 36.6 Å². The van der Waals surface area contributed by atoms with Crippen molar-refractivity contribution < 1.29 is 33.8 Å². The number of aliphatic hydroxyl groups is 1. The number of aliphatic hydroxyl groups excluding tert-OH is 1. The first-order valence-corrected chi connectivity index (χ1v) is 14.3. The van der Waals surface area contributed by atoms with E-state index in [9.17, 15) is 0 Å². The molecule has 0 bridgehead atoms. The number of nitrogens with zero attached hydrogens (tertiary/aromatic N) is 2. The highest BCUT2D eigenvalue weighted by Gasteiger charge is 2.21. The SMILES string of the molecule is CCCCc1ncc(-c2ccc(-c3ccc(-c4cnc(C(C)OOC)[nH]4)cc3)c(OCCOC)c2OCCOC)[nH]1.CO. The van der Waals surface area contributed by atoms with E-state index in [0.717, 1.165) is 65.8 Å². The number of aryl methyl sites for hydroxylation is 1. The van der Waals surface area contributed by atoms with Crippen LogP contribution in [0.15, 0.2) is 48.8 Å². The molecule has 1 atom stereocenters. The third kappa shape index (κ3) is 9.12. The van der Waals surface area contributed by atoms with Gasteiger partial charge in [0.25, 0.3) is 0 Å². The Balaban J connectivity index is 0.00000248. The zero-order chi connectivity index (χ0) is 31.0. The predicted molar refractivity (Wildman–Crippen MR) is 165 cm³/mol. The van der Waals surface area contributed by atoms with Crippen LogP contribution in [0.3, 0.4) is 0 Å². The Labute approximate surface area is 253 Å². The molecule has 0 aliphatic rings. The Bertz CT molecular complexity index is 1350. The number of rotatable bonds is 17. The maximum atomic E-state index is 7.00. The third-order valence-corrected chi connectivity index (χ3v) is 6.59. The molecule has 0 aliphatic carbocycles. The lowest BCUT2D eigenvalue weighted by atomic mass is 9.98. The van der Waals surface area contributed by atoms with Gasteiger partial charge in [-0.1, -0.05) is 37.6 Å². The molecule has 1 unspecified atom stereocenters. The Kier molecular flexibility index (Phi) is 14.2. The van der Waals surface area contributed by atoms with Crippen LogP contribution >= 0.6 is 0 Å². The summed E-state index contributed by atoms with van der Waals surface area (Å²) in [5.74, 6) is 2.92. The summed E-state index contributed by atoms with van der Waals surface area (Å²) in [5, 5.41) is 7.00. The van der Waals surface area contributed by atoms with E-state index in [1.165, 1.54) is 7.11 Å². The molecular weight excluding hydrogens is 552 g/mol. The summed E-state index contributed by atoms with van der Waals surface area (Å²) in [5.41, 5.74) is 5.51. The van der Waals surface area contributed by atoms with Gasteiger partial charge in [0.15, 0.2) is 11.5 Å². The van der Waals surface area contributed by atoms with Crippen LogP contribution in [0.25, 0.3) is 33.6 Å². The number of benzene rings is 2. The molecule has 11 nitrogen and oxygen atoms in total. The maximum Gasteiger partial charge on any atom is 0.171 e. The first kappa shape index (κ1) is 33.8. The summed E-state index contributed by atoms with van der Waals surface area (Å²) >= 11 is 0. The first-order chi connectivity index (χ1) is 21.1. The third-order valence-electron chi connectivity index (χ3n) is 6.59. The number of H-pyrrole nitrogens is 2. The van der Waals surface area contributed by atoms with Crippen LogP contribution in [0.2, 0.25) is 0 Å². The summed E-state index contributed by atoms with van der Waals surface area (Å²) in [4.78, 5) is 25.7. The number of nitrogens with one attached hydrogen (secondary N) is 2. The van der Waals surface area contributed by atoms with Gasteiger partial charge >= 0.3 is 0 Å². The van der Waals surface area contributed by atoms with Gasteiger partial charge in [0.2, 0.25) is 0 Å². The van der Waals surface area contributed by atoms with Crippen molar-refractivity contribution in [2.45, 2.75) is 39.2 Å². The average molecular weight is 597 g/mol. The first-order valence-electron chi connectivity index (χ1n) is 14.3. The fourth-order valence-electron chi connectivity index (χ4n) is 4.42. The normalized spacial score (nSPS) is 11.6. The van der Waals surface area contributed by atoms with Gasteiger partial charge in [-0.2, -0.15) is 0 Å². The van der Waals surface area contributed by atoms with Gasteiger partial charge in [0, 0.05) is 38.9 Å². The topological polar surface area (TPSA) is 133 Å². The number of hydrogen-bond donors (Lipinski definition) is 3. The van der Waals surface area contributed by atoms with Crippen LogP contribution in [0, 0.1) is 0 Å². The molecule has 43 heavy (non-hydrogen) atoms. The second-order valence-electron chi connectivity index (χ2n) is 9.51. The standard InChI is InChI=1S/C31H40N4O6.CH4O/c1-6-7-8-28-32-20-27(34-28)25-14-13-24(29(39-17-15-36-3)30(25)40-18-16-37-4)22-9-11-23(12-10-22)26-19-33-31(35-26)21(2)41-38-5;1-2/h9-14,19-21H,6-8,15-18H2,1-5H3,(H,32,34)(H,33,35);2H,1H3. The highest BCUT2D eigenvalue weighted by molar-refractivity contribution is 5.82. The highest BCUT2D eigenvalue weighted by Crippen LogP contribution is 2.45. The molecular formula is C32H44N4O7. The Morgan fingerprint density at radius 3 is 1.98 bits per heavy atom. The van der Waals surface area contributed by atoms with Gasteiger partial charge in [-0.3, -0.25) is 0 Å². The largest absolute Gasteiger partial charge is 0.487 e. The molecule has 0 amide bonds. The quantitative estimate of drug-likeness (QED) is 0.0789. The number of aromatic amines is 2. The van der Waals surface area contributed by atoms with E-state index in [-0.39, 0.29) is 6.10 Å². The molecule has 2 aromatic carbocycles. The summed E-state index contributed by atoms with van der Waals surface area (Å²) in [7, 11) is 5.79. The van der Waals surface area contributed by atoms with Gasteiger partial charge < -0.3 is 34.0 Å². The van der Waals surface area contributed by atoms with Crippen LogP contribution in [0.4, 0.5) is 0 Å². The van der Waals surface area contributed by atoms with E-state index in [1.807, 2.05) is 31.3 Å². The van der Waals surface area contributed by atoms with Crippen molar-refractivity contribution >= 4 is 0 Å². The number of imidazole rings is 2. The Morgan fingerprint density at radius 2 is 1.35 bits per heavy atom. The van der Waals surface area contributed by atoms with Crippen molar-refractivity contribution in [3.05, 3.63) is 60.4 Å². The molecule has 4 rings (SSSR count). The monoisotopic (exact) mass is 596 g/mol. The summed E-state index contributed by atoms with van der Waals surface area (Å²) in [6.07, 6.45) is 6.41. The van der Waals surface area contributed by atoms with E-state index in [1.54, 1.807) is 20.4 Å². The lowest BCUT2D eigenvalue weighted by Crippen LogP contribution is -2.10. The summed E-state index contributed by atoms with van der Waals surface area (Å²) < 4.78 is 23.2. The smallest absolute Gasteiger partial charge is 0.171 e. The molecule has 234 valence electrons. The fraction of sp³-hybridized carbons (Fsp3) is 0.438. The van der Waals surface area contributed by atoms with Gasteiger partial charge in [-0.15, -0.1) is 0 Å². The van der Waals surface area contributed by atoms with Gasteiger partial charge in [0.1, 0.15) is 31.0 Å². The minimum atomic E-state index is -0.313. The molecule has 0 saturated carbocycles. The second kappa shape index (κ2) is 18.0. The minimum Gasteiger partial charge on any atom is -0.487 e. The zero-order valence-corrected chi connectivity index (χ0v) is 25.9. The molecule has 0 spiro atoms. The number of ether oxygens (including phenoxy) is 4. The van der Waals surface area contributed by atoms with Crippen LogP contribution < -0.4 is 9.47 Å². The molecule has 0 radical (unpaired) electrons. The van der Waals surface area contributed by atoms with Crippen molar-refractivity contribution in [3.63, 3.8) is 0 Å². The fourth-order valence-corrected chi connectivity index (χ4v) is 4.42. The van der Waals surface area contributed by atoms with E-state index >= 15 is 0 Å². The highest BCUT2D eigenvalue weighted by atomic mass is 17.2. The molecule has 0 aliphatic heterocycles. The molecule has 2 aromatic heterocycles. The van der Waals surface area contributed by atoms with Crippen molar-refractivity contribution in [2.24, 2.45) is 0 Å². The number of hydrogen-bond acceptors (Lipinski definition) is 9. The second-order valence-corrected chi connectivity index (χ2v) is 9.51. The van der Waals surface area contributed by atoms with Crippen molar-refractivity contribution in [2.75, 3.05) is 54.9 Å².